The zero-order chi connectivity index (χ0) is 19.0. The van der Waals surface area contributed by atoms with Gasteiger partial charge in [0, 0.05) is 31.3 Å². The molecule has 3 aromatic heterocycles. The highest BCUT2D eigenvalue weighted by molar-refractivity contribution is 7.83. The van der Waals surface area contributed by atoms with Crippen LogP contribution in [0.15, 0.2) is 18.5 Å². The highest BCUT2D eigenvalue weighted by Gasteiger charge is 2.27. The van der Waals surface area contributed by atoms with E-state index in [1.54, 1.807) is 13.3 Å². The van der Waals surface area contributed by atoms with Crippen LogP contribution in [0, 0.1) is 5.92 Å². The van der Waals surface area contributed by atoms with Crippen LogP contribution in [-0.4, -0.2) is 46.2 Å². The van der Waals surface area contributed by atoms with E-state index >= 15 is 0 Å². The van der Waals surface area contributed by atoms with Crippen molar-refractivity contribution < 1.29 is 17.7 Å². The van der Waals surface area contributed by atoms with Crippen LogP contribution in [0.4, 0.5) is 0 Å². The molecule has 27 heavy (non-hydrogen) atoms. The molecule has 10 heteroatoms. The molecule has 9 nitrogen and oxygen atoms in total. The number of nitrogens with one attached hydrogen (secondary N) is 2. The SMILES string of the molecule is COCC1CCC(n2c(CNS(=O)(=O)O)nc3cnc4[nH]ccc4c32)CC1. The number of hydrogen-bond acceptors (Lipinski definition) is 5. The lowest BCUT2D eigenvalue weighted by Gasteiger charge is -2.30. The number of methoxy groups -OCH3 is 1. The minimum atomic E-state index is -4.30. The Morgan fingerprint density at radius 3 is 2.85 bits per heavy atom. The molecule has 3 aromatic rings. The van der Waals surface area contributed by atoms with Crippen molar-refractivity contribution in [3.8, 4) is 0 Å². The van der Waals surface area contributed by atoms with Gasteiger partial charge in [-0.1, -0.05) is 0 Å². The first-order valence-corrected chi connectivity index (χ1v) is 10.4. The van der Waals surface area contributed by atoms with E-state index in [2.05, 4.69) is 24.2 Å². The van der Waals surface area contributed by atoms with Gasteiger partial charge in [-0.2, -0.15) is 13.1 Å². The normalized spacial score (nSPS) is 21.3. The fourth-order valence-corrected chi connectivity index (χ4v) is 4.43. The third-order valence-corrected chi connectivity index (χ3v) is 5.81. The lowest BCUT2D eigenvalue weighted by molar-refractivity contribution is 0.120. The number of H-pyrrole nitrogens is 1. The van der Waals surface area contributed by atoms with Gasteiger partial charge in [-0.05, 0) is 37.7 Å². The Morgan fingerprint density at radius 1 is 1.37 bits per heavy atom. The Kier molecular flexibility index (Phi) is 4.89. The molecular formula is C17H23N5O4S. The first-order chi connectivity index (χ1) is 13.0. The molecule has 0 atom stereocenters. The number of aromatic nitrogens is 4. The first kappa shape index (κ1) is 18.4. The van der Waals surface area contributed by atoms with Crippen LogP contribution >= 0.6 is 0 Å². The maximum atomic E-state index is 11.2. The number of imidazole rings is 1. The lowest BCUT2D eigenvalue weighted by atomic mass is 9.86. The van der Waals surface area contributed by atoms with Gasteiger partial charge in [0.25, 0.3) is 0 Å². The second-order valence-corrected chi connectivity index (χ2v) is 8.29. The van der Waals surface area contributed by atoms with Crippen LogP contribution in [0.1, 0.15) is 37.5 Å². The first-order valence-electron chi connectivity index (χ1n) is 9.00. The van der Waals surface area contributed by atoms with Crippen LogP contribution < -0.4 is 4.72 Å². The summed E-state index contributed by atoms with van der Waals surface area (Å²) in [6.07, 6.45) is 7.55. The molecule has 1 aliphatic carbocycles. The van der Waals surface area contributed by atoms with Crippen molar-refractivity contribution in [2.24, 2.45) is 5.92 Å². The average molecular weight is 393 g/mol. The lowest BCUT2D eigenvalue weighted by Crippen LogP contribution is -2.26. The summed E-state index contributed by atoms with van der Waals surface area (Å²) >= 11 is 0. The second kappa shape index (κ2) is 7.19. The summed E-state index contributed by atoms with van der Waals surface area (Å²) in [5.41, 5.74) is 2.43. The van der Waals surface area contributed by atoms with Gasteiger partial charge in [0.1, 0.15) is 17.0 Å². The Bertz CT molecular complexity index is 1050. The van der Waals surface area contributed by atoms with E-state index < -0.39 is 10.3 Å². The summed E-state index contributed by atoms with van der Waals surface area (Å²) in [5, 5.41) is 0.956. The molecule has 1 saturated carbocycles. The topological polar surface area (TPSA) is 122 Å². The van der Waals surface area contributed by atoms with E-state index in [0.29, 0.717) is 17.3 Å². The number of aromatic amines is 1. The summed E-state index contributed by atoms with van der Waals surface area (Å²) in [4.78, 5) is 12.1. The molecule has 4 rings (SSSR count). The van der Waals surface area contributed by atoms with Crippen molar-refractivity contribution in [3.05, 3.63) is 24.3 Å². The summed E-state index contributed by atoms with van der Waals surface area (Å²) in [7, 11) is -2.57. The van der Waals surface area contributed by atoms with Gasteiger partial charge in [0.05, 0.1) is 18.3 Å². The molecule has 0 spiro atoms. The standard InChI is InChI=1S/C17H23N5O4S/c1-26-10-11-2-4-12(5-3-11)22-15(9-20-27(23,24)25)21-14-8-19-17-13(16(14)22)6-7-18-17/h6-8,11-12,20H,2-5,9-10H2,1H3,(H,18,19)(H,23,24,25). The van der Waals surface area contributed by atoms with Gasteiger partial charge < -0.3 is 14.3 Å². The molecule has 0 radical (unpaired) electrons. The Balaban J connectivity index is 1.76. The van der Waals surface area contributed by atoms with E-state index in [-0.39, 0.29) is 12.6 Å². The Hall–Kier alpha value is -2.01. The molecule has 1 aliphatic rings. The molecular weight excluding hydrogens is 370 g/mol. The Morgan fingerprint density at radius 2 is 2.15 bits per heavy atom. The zero-order valence-corrected chi connectivity index (χ0v) is 15.9. The highest BCUT2D eigenvalue weighted by Crippen LogP contribution is 2.37. The molecule has 1 fully saturated rings. The van der Waals surface area contributed by atoms with Crippen molar-refractivity contribution >= 4 is 32.4 Å². The van der Waals surface area contributed by atoms with Crippen molar-refractivity contribution in [1.29, 1.82) is 0 Å². The monoisotopic (exact) mass is 393 g/mol. The number of ether oxygens (including phenoxy) is 1. The number of nitrogens with zero attached hydrogens (tertiary/aromatic N) is 3. The van der Waals surface area contributed by atoms with Gasteiger partial charge in [0.2, 0.25) is 0 Å². The third kappa shape index (κ3) is 3.70. The van der Waals surface area contributed by atoms with Crippen molar-refractivity contribution in [1.82, 2.24) is 24.2 Å². The molecule has 0 bridgehead atoms. The van der Waals surface area contributed by atoms with Crippen LogP contribution in [0.3, 0.4) is 0 Å². The summed E-state index contributed by atoms with van der Waals surface area (Å²) in [5.74, 6) is 1.13. The number of pyridine rings is 1. The molecule has 0 unspecified atom stereocenters. The predicted molar refractivity (Wildman–Crippen MR) is 101 cm³/mol. The molecule has 146 valence electrons. The zero-order valence-electron chi connectivity index (χ0n) is 15.1. The van der Waals surface area contributed by atoms with E-state index in [0.717, 1.165) is 48.8 Å². The van der Waals surface area contributed by atoms with Gasteiger partial charge in [-0.25, -0.2) is 9.97 Å². The van der Waals surface area contributed by atoms with Crippen molar-refractivity contribution in [2.45, 2.75) is 38.3 Å². The van der Waals surface area contributed by atoms with Crippen LogP contribution in [-0.2, 0) is 21.6 Å². The van der Waals surface area contributed by atoms with E-state index in [1.807, 2.05) is 12.3 Å². The molecule has 3 N–H and O–H groups in total. The van der Waals surface area contributed by atoms with Crippen molar-refractivity contribution in [2.75, 3.05) is 13.7 Å². The molecule has 0 aromatic carbocycles. The van der Waals surface area contributed by atoms with Gasteiger partial charge in [-0.15, -0.1) is 0 Å². The summed E-state index contributed by atoms with van der Waals surface area (Å²) in [6, 6.07) is 2.17. The average Bonchev–Trinajstić information content (AvgIpc) is 3.24. The number of fused-ring (bicyclic) bond motifs is 3. The molecule has 3 heterocycles. The molecule has 0 aliphatic heterocycles. The van der Waals surface area contributed by atoms with E-state index in [1.165, 1.54) is 0 Å². The predicted octanol–water partition coefficient (Wildman–Crippen LogP) is 2.18. The van der Waals surface area contributed by atoms with E-state index in [9.17, 15) is 8.42 Å². The van der Waals surface area contributed by atoms with E-state index in [4.69, 9.17) is 9.29 Å². The second-order valence-electron chi connectivity index (χ2n) is 7.06. The third-order valence-electron chi connectivity index (χ3n) is 5.30. The fraction of sp³-hybridized carbons (Fsp3) is 0.529. The maximum absolute atomic E-state index is 11.2. The molecule has 0 saturated heterocycles. The van der Waals surface area contributed by atoms with Crippen molar-refractivity contribution in [3.63, 3.8) is 0 Å². The van der Waals surface area contributed by atoms with Gasteiger partial charge >= 0.3 is 10.3 Å². The minimum absolute atomic E-state index is 0.0720. The number of hydrogen-bond donors (Lipinski definition) is 3. The molecule has 0 amide bonds. The smallest absolute Gasteiger partial charge is 0.333 e. The largest absolute Gasteiger partial charge is 0.384 e. The minimum Gasteiger partial charge on any atom is -0.384 e. The fourth-order valence-electron chi connectivity index (χ4n) is 4.12. The van der Waals surface area contributed by atoms with Crippen LogP contribution in [0.25, 0.3) is 22.1 Å². The van der Waals surface area contributed by atoms with Gasteiger partial charge in [0.15, 0.2) is 0 Å². The van der Waals surface area contributed by atoms with Crippen LogP contribution in [0.2, 0.25) is 0 Å². The van der Waals surface area contributed by atoms with Crippen LogP contribution in [0.5, 0.6) is 0 Å². The maximum Gasteiger partial charge on any atom is 0.333 e. The highest BCUT2D eigenvalue weighted by atomic mass is 32.2. The Labute approximate surface area is 157 Å². The van der Waals surface area contributed by atoms with Gasteiger partial charge in [-0.3, -0.25) is 4.55 Å². The summed E-state index contributed by atoms with van der Waals surface area (Å²) in [6.45, 7) is 0.692. The quantitative estimate of drug-likeness (QED) is 0.552. The number of rotatable bonds is 6. The summed E-state index contributed by atoms with van der Waals surface area (Å²) < 4.78 is 41.0.